The predicted octanol–water partition coefficient (Wildman–Crippen LogP) is 6.08. The van der Waals surface area contributed by atoms with E-state index in [1.54, 1.807) is 11.3 Å². The summed E-state index contributed by atoms with van der Waals surface area (Å²) in [5.74, 6) is 0. The third kappa shape index (κ3) is 4.45. The van der Waals surface area contributed by atoms with Gasteiger partial charge in [0.2, 0.25) is 0 Å². The molecule has 0 fully saturated rings. The molecule has 4 heteroatoms. The minimum absolute atomic E-state index is 0.327. The summed E-state index contributed by atoms with van der Waals surface area (Å²) in [5.41, 5.74) is 1.40. The molecule has 20 heavy (non-hydrogen) atoms. The summed E-state index contributed by atoms with van der Waals surface area (Å²) >= 11 is 5.23. The highest BCUT2D eigenvalue weighted by Gasteiger charge is 2.17. The van der Waals surface area contributed by atoms with E-state index in [9.17, 15) is 0 Å². The van der Waals surface area contributed by atoms with Crippen molar-refractivity contribution < 1.29 is 0 Å². The summed E-state index contributed by atoms with van der Waals surface area (Å²) in [5, 5.41) is 4.54. The van der Waals surface area contributed by atoms with Crippen molar-refractivity contribution in [1.29, 1.82) is 0 Å². The molecular formula is C16H23BrN2S. The second-order valence-corrected chi connectivity index (χ2v) is 8.05. The van der Waals surface area contributed by atoms with Crippen LogP contribution in [0.15, 0.2) is 22.7 Å². The lowest BCUT2D eigenvalue weighted by atomic mass is 9.87. The van der Waals surface area contributed by atoms with Gasteiger partial charge in [-0.3, -0.25) is 0 Å². The first-order valence-electron chi connectivity index (χ1n) is 7.30. The number of nitrogens with zero attached hydrogens (tertiary/aromatic N) is 1. The topological polar surface area (TPSA) is 24.9 Å². The molecule has 0 bridgehead atoms. The smallest absolute Gasteiger partial charge is 0.183 e. The summed E-state index contributed by atoms with van der Waals surface area (Å²) in [6.07, 6.45) is 5.21. The van der Waals surface area contributed by atoms with Crippen molar-refractivity contribution in [1.82, 2.24) is 4.98 Å². The Morgan fingerprint density at radius 1 is 1.30 bits per heavy atom. The number of hydrogen-bond acceptors (Lipinski definition) is 3. The van der Waals surface area contributed by atoms with Crippen molar-refractivity contribution in [3.05, 3.63) is 22.7 Å². The van der Waals surface area contributed by atoms with Crippen LogP contribution in [0.2, 0.25) is 0 Å². The number of unbranched alkanes of at least 4 members (excludes halogenated alkanes) is 2. The Morgan fingerprint density at radius 3 is 2.85 bits per heavy atom. The van der Waals surface area contributed by atoms with Crippen LogP contribution in [0.4, 0.5) is 5.13 Å². The number of thiazole rings is 1. The van der Waals surface area contributed by atoms with Gasteiger partial charge in [0.05, 0.1) is 10.2 Å². The maximum Gasteiger partial charge on any atom is 0.183 e. The van der Waals surface area contributed by atoms with Crippen LogP contribution in [0, 0.1) is 5.41 Å². The van der Waals surface area contributed by atoms with Gasteiger partial charge in [-0.25, -0.2) is 4.98 Å². The molecule has 0 saturated carbocycles. The van der Waals surface area contributed by atoms with Crippen molar-refractivity contribution in [2.75, 3.05) is 11.9 Å². The zero-order valence-corrected chi connectivity index (χ0v) is 14.9. The maximum atomic E-state index is 4.64. The number of benzene rings is 1. The number of nitrogens with one attached hydrogen (secondary N) is 1. The van der Waals surface area contributed by atoms with E-state index in [-0.39, 0.29) is 0 Å². The number of halogens is 1. The molecule has 2 aromatic rings. The molecule has 0 aliphatic heterocycles. The van der Waals surface area contributed by atoms with E-state index in [1.165, 1.54) is 30.4 Å². The van der Waals surface area contributed by atoms with E-state index in [1.807, 2.05) is 6.07 Å². The first kappa shape index (κ1) is 15.8. The Labute approximate surface area is 134 Å². The fraction of sp³-hybridized carbons (Fsp3) is 0.562. The lowest BCUT2D eigenvalue weighted by molar-refractivity contribution is 0.342. The van der Waals surface area contributed by atoms with Crippen LogP contribution in [0.5, 0.6) is 0 Å². The van der Waals surface area contributed by atoms with Gasteiger partial charge in [-0.15, -0.1) is 0 Å². The van der Waals surface area contributed by atoms with Crippen molar-refractivity contribution >= 4 is 42.6 Å². The van der Waals surface area contributed by atoms with E-state index >= 15 is 0 Å². The van der Waals surface area contributed by atoms with Gasteiger partial charge in [0, 0.05) is 11.0 Å². The number of fused-ring (bicyclic) bond motifs is 1. The van der Waals surface area contributed by atoms with Gasteiger partial charge in [0.1, 0.15) is 0 Å². The third-order valence-corrected chi connectivity index (χ3v) is 4.99. The van der Waals surface area contributed by atoms with Gasteiger partial charge in [-0.05, 0) is 30.0 Å². The molecule has 0 atom stereocenters. The van der Waals surface area contributed by atoms with E-state index < -0.39 is 0 Å². The maximum absolute atomic E-state index is 4.64. The van der Waals surface area contributed by atoms with Crippen LogP contribution in [0.25, 0.3) is 10.2 Å². The van der Waals surface area contributed by atoms with Gasteiger partial charge in [-0.2, -0.15) is 0 Å². The summed E-state index contributed by atoms with van der Waals surface area (Å²) in [4.78, 5) is 4.64. The van der Waals surface area contributed by atoms with Gasteiger partial charge >= 0.3 is 0 Å². The second kappa shape index (κ2) is 6.90. The third-order valence-electron chi connectivity index (χ3n) is 3.53. The Hall–Kier alpha value is -0.610. The first-order valence-corrected chi connectivity index (χ1v) is 8.91. The average molecular weight is 355 g/mol. The summed E-state index contributed by atoms with van der Waals surface area (Å²) in [7, 11) is 0. The van der Waals surface area contributed by atoms with Crippen LogP contribution < -0.4 is 5.32 Å². The second-order valence-electron chi connectivity index (χ2n) is 6.11. The van der Waals surface area contributed by atoms with E-state index in [2.05, 4.69) is 59.1 Å². The van der Waals surface area contributed by atoms with Crippen molar-refractivity contribution in [2.24, 2.45) is 5.41 Å². The lowest BCUT2D eigenvalue weighted by Crippen LogP contribution is -2.22. The van der Waals surface area contributed by atoms with Gasteiger partial charge in [0.25, 0.3) is 0 Å². The molecule has 1 aromatic heterocycles. The first-order chi connectivity index (χ1) is 9.50. The molecule has 2 nitrogen and oxygen atoms in total. The van der Waals surface area contributed by atoms with Crippen molar-refractivity contribution in [3.8, 4) is 0 Å². The number of rotatable bonds is 7. The average Bonchev–Trinajstić information content (AvgIpc) is 2.79. The predicted molar refractivity (Wildman–Crippen MR) is 93.7 cm³/mol. The highest BCUT2D eigenvalue weighted by atomic mass is 79.9. The molecule has 0 unspecified atom stereocenters. The SMILES string of the molecule is CCCCCC(C)(C)CNc1nc2ccc(Br)cc2s1. The molecule has 1 heterocycles. The quantitative estimate of drug-likeness (QED) is 0.609. The minimum atomic E-state index is 0.327. The minimum Gasteiger partial charge on any atom is -0.361 e. The number of anilines is 1. The molecule has 110 valence electrons. The summed E-state index contributed by atoms with van der Waals surface area (Å²) in [6.45, 7) is 7.90. The van der Waals surface area contributed by atoms with Crippen LogP contribution in [-0.2, 0) is 0 Å². The largest absolute Gasteiger partial charge is 0.361 e. The van der Waals surface area contributed by atoms with Crippen molar-refractivity contribution in [3.63, 3.8) is 0 Å². The van der Waals surface area contributed by atoms with Crippen LogP contribution in [0.1, 0.15) is 46.5 Å². The van der Waals surface area contributed by atoms with Crippen LogP contribution in [0.3, 0.4) is 0 Å². The monoisotopic (exact) mass is 354 g/mol. The van der Waals surface area contributed by atoms with Crippen molar-refractivity contribution in [2.45, 2.75) is 46.5 Å². The molecule has 0 aliphatic rings. The number of hydrogen-bond donors (Lipinski definition) is 1. The molecule has 0 spiro atoms. The molecular weight excluding hydrogens is 332 g/mol. The van der Waals surface area contributed by atoms with Gasteiger partial charge in [-0.1, -0.05) is 67.3 Å². The molecule has 0 amide bonds. The van der Waals surface area contributed by atoms with E-state index in [0.717, 1.165) is 21.7 Å². The fourth-order valence-electron chi connectivity index (χ4n) is 2.23. The highest BCUT2D eigenvalue weighted by molar-refractivity contribution is 9.10. The van der Waals surface area contributed by atoms with Gasteiger partial charge in [0.15, 0.2) is 5.13 Å². The zero-order chi connectivity index (χ0) is 14.6. The zero-order valence-electron chi connectivity index (χ0n) is 12.5. The van der Waals surface area contributed by atoms with Crippen LogP contribution in [-0.4, -0.2) is 11.5 Å². The normalized spacial score (nSPS) is 12.0. The Morgan fingerprint density at radius 2 is 2.10 bits per heavy atom. The van der Waals surface area contributed by atoms with E-state index in [0.29, 0.717) is 5.41 Å². The Balaban J connectivity index is 1.94. The molecule has 0 aliphatic carbocycles. The molecule has 1 N–H and O–H groups in total. The lowest BCUT2D eigenvalue weighted by Gasteiger charge is -2.24. The van der Waals surface area contributed by atoms with E-state index in [4.69, 9.17) is 0 Å². The Bertz CT molecular complexity index is 563. The molecule has 2 rings (SSSR count). The van der Waals surface area contributed by atoms with Gasteiger partial charge < -0.3 is 5.32 Å². The molecule has 1 aromatic carbocycles. The highest BCUT2D eigenvalue weighted by Crippen LogP contribution is 2.30. The fourth-order valence-corrected chi connectivity index (χ4v) is 3.64. The summed E-state index contributed by atoms with van der Waals surface area (Å²) in [6, 6.07) is 6.23. The van der Waals surface area contributed by atoms with Crippen LogP contribution >= 0.6 is 27.3 Å². The molecule has 0 saturated heterocycles. The Kier molecular flexibility index (Phi) is 5.44. The number of aromatic nitrogens is 1. The molecule has 0 radical (unpaired) electrons. The standard InChI is InChI=1S/C16H23BrN2S/c1-4-5-6-9-16(2,3)11-18-15-19-13-8-7-12(17)10-14(13)20-15/h7-8,10H,4-6,9,11H2,1-3H3,(H,18,19). The summed E-state index contributed by atoms with van der Waals surface area (Å²) < 4.78 is 2.34.